The third-order valence-corrected chi connectivity index (χ3v) is 4.83. The number of rotatable bonds is 7. The SMILES string of the molecule is CN(C)CCN(Cc1ccc(F)c(F)c1)C(=O)Cc1c[nH]c2cc(Cl)ccc12. The Morgan fingerprint density at radius 1 is 1.07 bits per heavy atom. The number of carbonyl (C=O) groups excluding carboxylic acids is 1. The zero-order valence-electron chi connectivity index (χ0n) is 15.8. The van der Waals surface area contributed by atoms with Crippen molar-refractivity contribution in [2.24, 2.45) is 0 Å². The molecule has 0 unspecified atom stereocenters. The van der Waals surface area contributed by atoms with E-state index in [-0.39, 0.29) is 18.9 Å². The maximum absolute atomic E-state index is 13.6. The van der Waals surface area contributed by atoms with Crippen LogP contribution in [-0.2, 0) is 17.8 Å². The number of aromatic nitrogens is 1. The van der Waals surface area contributed by atoms with Gasteiger partial charge in [0.15, 0.2) is 11.6 Å². The van der Waals surface area contributed by atoms with E-state index in [0.717, 1.165) is 28.6 Å². The van der Waals surface area contributed by atoms with Crippen molar-refractivity contribution >= 4 is 28.4 Å². The van der Waals surface area contributed by atoms with E-state index in [4.69, 9.17) is 11.6 Å². The fourth-order valence-corrected chi connectivity index (χ4v) is 3.22. The summed E-state index contributed by atoms with van der Waals surface area (Å²) >= 11 is 6.01. The summed E-state index contributed by atoms with van der Waals surface area (Å²) in [5.74, 6) is -1.89. The van der Waals surface area contributed by atoms with Crippen molar-refractivity contribution in [1.29, 1.82) is 0 Å². The number of hydrogen-bond donors (Lipinski definition) is 1. The van der Waals surface area contributed by atoms with E-state index >= 15 is 0 Å². The van der Waals surface area contributed by atoms with Gasteiger partial charge in [0.1, 0.15) is 0 Å². The lowest BCUT2D eigenvalue weighted by atomic mass is 10.1. The van der Waals surface area contributed by atoms with Crippen LogP contribution in [0.1, 0.15) is 11.1 Å². The van der Waals surface area contributed by atoms with Crippen molar-refractivity contribution in [2.75, 3.05) is 27.2 Å². The van der Waals surface area contributed by atoms with E-state index in [1.54, 1.807) is 17.2 Å². The first-order valence-electron chi connectivity index (χ1n) is 8.95. The zero-order valence-corrected chi connectivity index (χ0v) is 16.6. The Kier molecular flexibility index (Phi) is 6.31. The molecule has 0 saturated carbocycles. The molecule has 0 aliphatic rings. The number of nitrogens with zero attached hydrogens (tertiary/aromatic N) is 2. The molecule has 1 N–H and O–H groups in total. The van der Waals surface area contributed by atoms with Crippen LogP contribution >= 0.6 is 11.6 Å². The fraction of sp³-hybridized carbons (Fsp3) is 0.286. The van der Waals surface area contributed by atoms with E-state index < -0.39 is 11.6 Å². The monoisotopic (exact) mass is 405 g/mol. The van der Waals surface area contributed by atoms with Gasteiger partial charge in [0.05, 0.1) is 6.42 Å². The molecule has 0 saturated heterocycles. The van der Waals surface area contributed by atoms with Crippen molar-refractivity contribution < 1.29 is 13.6 Å². The summed E-state index contributed by atoms with van der Waals surface area (Å²) in [6.45, 7) is 1.37. The average Bonchev–Trinajstić information content (AvgIpc) is 3.03. The minimum absolute atomic E-state index is 0.0811. The highest BCUT2D eigenvalue weighted by atomic mass is 35.5. The van der Waals surface area contributed by atoms with Crippen LogP contribution in [0.4, 0.5) is 8.78 Å². The number of benzene rings is 2. The molecule has 0 spiro atoms. The van der Waals surface area contributed by atoms with E-state index in [1.807, 2.05) is 31.1 Å². The molecule has 28 heavy (non-hydrogen) atoms. The molecule has 0 atom stereocenters. The number of amides is 1. The van der Waals surface area contributed by atoms with Crippen LogP contribution in [0.25, 0.3) is 10.9 Å². The topological polar surface area (TPSA) is 39.3 Å². The average molecular weight is 406 g/mol. The van der Waals surface area contributed by atoms with Crippen molar-refractivity contribution in [2.45, 2.75) is 13.0 Å². The summed E-state index contributed by atoms with van der Waals surface area (Å²) in [5, 5.41) is 1.57. The summed E-state index contributed by atoms with van der Waals surface area (Å²) in [4.78, 5) is 19.8. The van der Waals surface area contributed by atoms with Crippen LogP contribution in [0.5, 0.6) is 0 Å². The summed E-state index contributed by atoms with van der Waals surface area (Å²) in [5.41, 5.74) is 2.30. The minimum atomic E-state index is -0.911. The molecular formula is C21H22ClF2N3O. The van der Waals surface area contributed by atoms with E-state index in [0.29, 0.717) is 23.7 Å². The number of aromatic amines is 1. The van der Waals surface area contributed by atoms with Gasteiger partial charge in [-0.3, -0.25) is 4.79 Å². The second-order valence-electron chi connectivity index (χ2n) is 7.05. The van der Waals surface area contributed by atoms with Gasteiger partial charge in [0.25, 0.3) is 0 Å². The quantitative estimate of drug-likeness (QED) is 0.638. The molecular weight excluding hydrogens is 384 g/mol. The molecule has 0 radical (unpaired) electrons. The summed E-state index contributed by atoms with van der Waals surface area (Å²) in [6.07, 6.45) is 2.01. The molecule has 1 heterocycles. The Bertz CT molecular complexity index is 987. The fourth-order valence-electron chi connectivity index (χ4n) is 3.05. The maximum Gasteiger partial charge on any atom is 0.227 e. The van der Waals surface area contributed by atoms with Gasteiger partial charge in [0, 0.05) is 41.8 Å². The Balaban J connectivity index is 1.79. The Morgan fingerprint density at radius 3 is 2.57 bits per heavy atom. The highest BCUT2D eigenvalue weighted by Crippen LogP contribution is 2.23. The number of carbonyl (C=O) groups is 1. The normalized spacial score (nSPS) is 11.4. The van der Waals surface area contributed by atoms with Gasteiger partial charge in [-0.2, -0.15) is 0 Å². The van der Waals surface area contributed by atoms with Crippen LogP contribution in [-0.4, -0.2) is 47.9 Å². The molecule has 4 nitrogen and oxygen atoms in total. The number of H-pyrrole nitrogens is 1. The predicted molar refractivity (Wildman–Crippen MR) is 107 cm³/mol. The first-order valence-corrected chi connectivity index (χ1v) is 9.33. The van der Waals surface area contributed by atoms with E-state index in [2.05, 4.69) is 4.98 Å². The van der Waals surface area contributed by atoms with Gasteiger partial charge in [-0.05, 0) is 49.5 Å². The van der Waals surface area contributed by atoms with Gasteiger partial charge in [-0.15, -0.1) is 0 Å². The standard InChI is InChI=1S/C21H22ClF2N3O/c1-26(2)7-8-27(13-14-3-6-18(23)19(24)9-14)21(28)10-15-12-25-20-11-16(22)4-5-17(15)20/h3-6,9,11-12,25H,7-8,10,13H2,1-2H3. The van der Waals surface area contributed by atoms with Crippen LogP contribution < -0.4 is 0 Å². The maximum atomic E-state index is 13.6. The summed E-state index contributed by atoms with van der Waals surface area (Å²) in [6, 6.07) is 9.22. The number of halogens is 3. The zero-order chi connectivity index (χ0) is 20.3. The molecule has 7 heteroatoms. The summed E-state index contributed by atoms with van der Waals surface area (Å²) < 4.78 is 26.8. The molecule has 2 aromatic carbocycles. The molecule has 3 rings (SSSR count). The lowest BCUT2D eigenvalue weighted by Gasteiger charge is -2.24. The minimum Gasteiger partial charge on any atom is -0.361 e. The largest absolute Gasteiger partial charge is 0.361 e. The van der Waals surface area contributed by atoms with Gasteiger partial charge < -0.3 is 14.8 Å². The third kappa shape index (κ3) is 4.88. The molecule has 0 bridgehead atoms. The molecule has 0 aliphatic carbocycles. The van der Waals surface area contributed by atoms with Crippen LogP contribution in [0.2, 0.25) is 5.02 Å². The Hall–Kier alpha value is -2.44. The molecule has 0 aliphatic heterocycles. The number of fused-ring (bicyclic) bond motifs is 1. The third-order valence-electron chi connectivity index (χ3n) is 4.60. The van der Waals surface area contributed by atoms with Gasteiger partial charge in [-0.1, -0.05) is 23.7 Å². The van der Waals surface area contributed by atoms with Crippen molar-refractivity contribution in [1.82, 2.24) is 14.8 Å². The van der Waals surface area contributed by atoms with Crippen molar-refractivity contribution in [3.05, 3.63) is 70.4 Å². The highest BCUT2D eigenvalue weighted by molar-refractivity contribution is 6.31. The number of likely N-dealkylation sites (N-methyl/N-ethyl adjacent to an activating group) is 1. The Morgan fingerprint density at radius 2 is 1.86 bits per heavy atom. The lowest BCUT2D eigenvalue weighted by Crippen LogP contribution is -2.37. The van der Waals surface area contributed by atoms with Crippen molar-refractivity contribution in [3.8, 4) is 0 Å². The first kappa shape index (κ1) is 20.3. The number of nitrogens with one attached hydrogen (secondary N) is 1. The van der Waals surface area contributed by atoms with Gasteiger partial charge in [0.2, 0.25) is 5.91 Å². The van der Waals surface area contributed by atoms with E-state index in [9.17, 15) is 13.6 Å². The van der Waals surface area contributed by atoms with Crippen molar-refractivity contribution in [3.63, 3.8) is 0 Å². The predicted octanol–water partition coefficient (Wildman–Crippen LogP) is 4.23. The lowest BCUT2D eigenvalue weighted by molar-refractivity contribution is -0.131. The molecule has 1 amide bonds. The Labute approximate surface area is 167 Å². The second kappa shape index (κ2) is 8.71. The molecule has 3 aromatic rings. The molecule has 148 valence electrons. The second-order valence-corrected chi connectivity index (χ2v) is 7.48. The molecule has 1 aromatic heterocycles. The summed E-state index contributed by atoms with van der Waals surface area (Å²) in [7, 11) is 3.84. The van der Waals surface area contributed by atoms with Crippen LogP contribution in [0, 0.1) is 11.6 Å². The van der Waals surface area contributed by atoms with Crippen LogP contribution in [0.15, 0.2) is 42.6 Å². The van der Waals surface area contributed by atoms with E-state index in [1.165, 1.54) is 6.07 Å². The number of hydrogen-bond acceptors (Lipinski definition) is 2. The van der Waals surface area contributed by atoms with Gasteiger partial charge in [-0.25, -0.2) is 8.78 Å². The molecule has 0 fully saturated rings. The van der Waals surface area contributed by atoms with Gasteiger partial charge >= 0.3 is 0 Å². The highest BCUT2D eigenvalue weighted by Gasteiger charge is 2.18. The smallest absolute Gasteiger partial charge is 0.227 e. The first-order chi connectivity index (χ1) is 13.3. The van der Waals surface area contributed by atoms with Crippen LogP contribution in [0.3, 0.4) is 0 Å².